The van der Waals surface area contributed by atoms with Crippen LogP contribution in [0.25, 0.3) is 10.2 Å². The molecule has 4 N–H and O–H groups in total. The second-order valence-corrected chi connectivity index (χ2v) is 14.7. The number of carbonyl (C=O) groups is 4. The number of thiazole rings is 1. The highest BCUT2D eigenvalue weighted by Gasteiger charge is 2.32. The van der Waals surface area contributed by atoms with E-state index >= 15 is 0 Å². The second kappa shape index (κ2) is 16.2. The van der Waals surface area contributed by atoms with Gasteiger partial charge in [-0.15, -0.1) is 11.3 Å². The minimum atomic E-state index is -3.98. The van der Waals surface area contributed by atoms with E-state index in [1.807, 2.05) is 0 Å². The number of nitrogens with zero attached hydrogens (tertiary/aromatic N) is 3. The fraction of sp³-hybridized carbons (Fsp3) is 0.500. The monoisotopic (exact) mass is 707 g/mol. The normalized spacial score (nSPS) is 16.0. The Kier molecular flexibility index (Phi) is 12.4. The summed E-state index contributed by atoms with van der Waals surface area (Å²) in [5.74, 6) is -1.26. The van der Waals surface area contributed by atoms with E-state index in [0.29, 0.717) is 41.1 Å². The molecule has 1 aromatic heterocycles. The van der Waals surface area contributed by atoms with Gasteiger partial charge in [0, 0.05) is 43.7 Å². The maximum absolute atomic E-state index is 13.3. The predicted molar refractivity (Wildman–Crippen MR) is 176 cm³/mol. The molecule has 262 valence electrons. The number of benzene rings is 1. The van der Waals surface area contributed by atoms with E-state index in [4.69, 9.17) is 14.2 Å². The van der Waals surface area contributed by atoms with Gasteiger partial charge in [-0.25, -0.2) is 27.7 Å². The summed E-state index contributed by atoms with van der Waals surface area (Å²) in [6.07, 6.45) is 2.89. The van der Waals surface area contributed by atoms with Gasteiger partial charge in [-0.2, -0.15) is 0 Å². The van der Waals surface area contributed by atoms with Gasteiger partial charge in [-0.1, -0.05) is 12.1 Å². The molecular weight excluding hydrogens is 667 g/mol. The molecule has 2 aromatic rings. The van der Waals surface area contributed by atoms with Gasteiger partial charge in [0.2, 0.25) is 10.2 Å². The quantitative estimate of drug-likeness (QED) is 0.146. The molecule has 0 radical (unpaired) electrons. The van der Waals surface area contributed by atoms with Gasteiger partial charge in [0.1, 0.15) is 24.9 Å². The first-order chi connectivity index (χ1) is 22.7. The van der Waals surface area contributed by atoms with E-state index < -0.39 is 58.9 Å². The van der Waals surface area contributed by atoms with E-state index in [-0.39, 0.29) is 30.6 Å². The molecule has 0 spiro atoms. The number of hydrogen-bond donors (Lipinski definition) is 4. The molecule has 1 aromatic carbocycles. The summed E-state index contributed by atoms with van der Waals surface area (Å²) >= 11 is 1.02. The van der Waals surface area contributed by atoms with Crippen LogP contribution in [-0.2, 0) is 33.8 Å². The molecule has 4 rings (SSSR count). The number of alkyl carbamates (subject to hydrolysis) is 1. The molecule has 2 aliphatic heterocycles. The maximum Gasteiger partial charge on any atom is 0.407 e. The molecule has 0 saturated heterocycles. The Morgan fingerprint density at radius 3 is 2.65 bits per heavy atom. The molecule has 0 aliphatic carbocycles. The third-order valence-corrected chi connectivity index (χ3v) is 9.56. The molecule has 3 heterocycles. The number of nitrogens with one attached hydrogen (secondary N) is 4. The summed E-state index contributed by atoms with van der Waals surface area (Å²) in [6.45, 7) is 6.88. The standard InChI is InChI=1S/C30H41N7O9S2/c1-5-45-25(39)18-36(13-12-32-48(42,43)29-34-22-9-6-7-10-23(22)47-29)24(38)17-37-16-20-15-21(33-26(20)35-27(37)40)19-44-14-8-11-31-28(41)46-30(2,3)4/h6-7,9-10,15-16,26,32-33H,5,8,11-14,17-19H2,1-4H3,(H,31,41)(H,35,40). The second-order valence-electron chi connectivity index (χ2n) is 11.8. The molecule has 1 atom stereocenters. The number of carbonyl (C=O) groups excluding carboxylic acids is 4. The van der Waals surface area contributed by atoms with Crippen LogP contribution in [0.5, 0.6) is 0 Å². The molecule has 0 fully saturated rings. The molecule has 48 heavy (non-hydrogen) atoms. The van der Waals surface area contributed by atoms with E-state index in [9.17, 15) is 27.6 Å². The summed E-state index contributed by atoms with van der Waals surface area (Å²) < 4.78 is 44.7. The Balaban J connectivity index is 1.29. The number of sulfonamides is 1. The number of ether oxygens (including phenoxy) is 3. The van der Waals surface area contributed by atoms with Crippen molar-refractivity contribution >= 4 is 55.6 Å². The van der Waals surface area contributed by atoms with E-state index in [0.717, 1.165) is 16.2 Å². The molecule has 16 nitrogen and oxygen atoms in total. The van der Waals surface area contributed by atoms with Crippen molar-refractivity contribution in [1.29, 1.82) is 0 Å². The maximum atomic E-state index is 13.3. The third kappa shape index (κ3) is 10.6. The van der Waals surface area contributed by atoms with Crippen molar-refractivity contribution in [3.05, 3.63) is 47.8 Å². The first kappa shape index (κ1) is 36.6. The van der Waals surface area contributed by atoms with Crippen molar-refractivity contribution in [3.8, 4) is 0 Å². The topological polar surface area (TPSA) is 198 Å². The largest absolute Gasteiger partial charge is 0.465 e. The highest BCUT2D eigenvalue weighted by atomic mass is 32.2. The van der Waals surface area contributed by atoms with E-state index in [2.05, 4.69) is 25.7 Å². The summed E-state index contributed by atoms with van der Waals surface area (Å²) in [5, 5.41) is 8.59. The lowest BCUT2D eigenvalue weighted by molar-refractivity contribution is -0.148. The number of esters is 1. The highest BCUT2D eigenvalue weighted by molar-refractivity contribution is 7.91. The Hall–Kier alpha value is -4.26. The average molecular weight is 708 g/mol. The molecule has 0 saturated carbocycles. The minimum Gasteiger partial charge on any atom is -0.465 e. The van der Waals surface area contributed by atoms with Crippen LogP contribution in [0.4, 0.5) is 9.59 Å². The smallest absolute Gasteiger partial charge is 0.407 e. The van der Waals surface area contributed by atoms with Crippen LogP contribution in [0.1, 0.15) is 34.1 Å². The number of aromatic nitrogens is 1. The molecule has 1 unspecified atom stereocenters. The zero-order valence-electron chi connectivity index (χ0n) is 27.2. The van der Waals surface area contributed by atoms with Gasteiger partial charge in [0.05, 0.1) is 23.4 Å². The zero-order chi connectivity index (χ0) is 34.9. The van der Waals surface area contributed by atoms with Gasteiger partial charge in [0.25, 0.3) is 10.0 Å². The first-order valence-corrected chi connectivity index (χ1v) is 17.6. The molecule has 2 aliphatic rings. The van der Waals surface area contributed by atoms with Crippen LogP contribution < -0.4 is 20.7 Å². The number of amides is 4. The van der Waals surface area contributed by atoms with E-state index in [1.54, 1.807) is 58.0 Å². The number of para-hydroxylation sites is 1. The van der Waals surface area contributed by atoms with Crippen molar-refractivity contribution < 1.29 is 41.8 Å². The number of rotatable bonds is 16. The fourth-order valence-electron chi connectivity index (χ4n) is 4.58. The molecular formula is C30H41N7O9S2. The molecule has 0 bridgehead atoms. The minimum absolute atomic E-state index is 0.0987. The van der Waals surface area contributed by atoms with Crippen LogP contribution in [0.2, 0.25) is 0 Å². The van der Waals surface area contributed by atoms with Crippen molar-refractivity contribution in [2.24, 2.45) is 0 Å². The van der Waals surface area contributed by atoms with Crippen LogP contribution in [0.15, 0.2) is 52.2 Å². The average Bonchev–Trinajstić information content (AvgIpc) is 3.62. The van der Waals surface area contributed by atoms with Crippen LogP contribution in [0.3, 0.4) is 0 Å². The van der Waals surface area contributed by atoms with Crippen molar-refractivity contribution in [3.63, 3.8) is 0 Å². The predicted octanol–water partition coefficient (Wildman–Crippen LogP) is 1.62. The fourth-order valence-corrected chi connectivity index (χ4v) is 6.86. The van der Waals surface area contributed by atoms with Gasteiger partial charge < -0.3 is 35.1 Å². The Morgan fingerprint density at radius 2 is 1.92 bits per heavy atom. The SMILES string of the molecule is CCOC(=O)CN(CCNS(=O)(=O)c1nc2ccccc2s1)C(=O)CN1C=C2C=C(COCCCNC(=O)OC(C)(C)C)NC2NC1=O. The molecule has 4 amide bonds. The van der Waals surface area contributed by atoms with Crippen LogP contribution in [-0.4, -0.2) is 112 Å². The van der Waals surface area contributed by atoms with Crippen molar-refractivity contribution in [1.82, 2.24) is 35.5 Å². The third-order valence-electron chi connectivity index (χ3n) is 6.69. The summed E-state index contributed by atoms with van der Waals surface area (Å²) in [6, 6.07) is 6.48. The summed E-state index contributed by atoms with van der Waals surface area (Å²) in [7, 11) is -3.98. The van der Waals surface area contributed by atoms with Gasteiger partial charge >= 0.3 is 18.1 Å². The molecule has 18 heteroatoms. The highest BCUT2D eigenvalue weighted by Crippen LogP contribution is 2.25. The van der Waals surface area contributed by atoms with Crippen molar-refractivity contribution in [2.45, 2.75) is 50.2 Å². The Morgan fingerprint density at radius 1 is 1.15 bits per heavy atom. The lowest BCUT2D eigenvalue weighted by atomic mass is 10.2. The van der Waals surface area contributed by atoms with Gasteiger partial charge in [-0.05, 0) is 52.3 Å². The Labute approximate surface area is 282 Å². The lowest BCUT2D eigenvalue weighted by Gasteiger charge is -2.30. The van der Waals surface area contributed by atoms with Gasteiger partial charge in [-0.3, -0.25) is 14.5 Å². The zero-order valence-corrected chi connectivity index (χ0v) is 28.9. The Bertz CT molecular complexity index is 1630. The van der Waals surface area contributed by atoms with Gasteiger partial charge in [0.15, 0.2) is 0 Å². The lowest BCUT2D eigenvalue weighted by Crippen LogP contribution is -2.54. The summed E-state index contributed by atoms with van der Waals surface area (Å²) in [4.78, 5) is 56.7. The van der Waals surface area contributed by atoms with Crippen LogP contribution >= 0.6 is 11.3 Å². The number of urea groups is 1. The first-order valence-electron chi connectivity index (χ1n) is 15.3. The van der Waals surface area contributed by atoms with Crippen molar-refractivity contribution in [2.75, 3.05) is 52.5 Å². The van der Waals surface area contributed by atoms with Crippen LogP contribution in [0, 0.1) is 0 Å². The summed E-state index contributed by atoms with van der Waals surface area (Å²) in [5.41, 5.74) is 1.38. The number of fused-ring (bicyclic) bond motifs is 2. The van der Waals surface area contributed by atoms with E-state index in [1.165, 1.54) is 11.1 Å². The number of hydrogen-bond acceptors (Lipinski definition) is 12.